The first-order valence-corrected chi connectivity index (χ1v) is 14.0. The smallest absolute Gasteiger partial charge is 0.170 e. The lowest BCUT2D eigenvalue weighted by Crippen LogP contribution is -2.29. The van der Waals surface area contributed by atoms with Crippen LogP contribution in [0.4, 0.5) is 5.69 Å². The van der Waals surface area contributed by atoms with Crippen LogP contribution in [0, 0.1) is 0 Å². The lowest BCUT2D eigenvalue weighted by Gasteiger charge is -2.10. The van der Waals surface area contributed by atoms with Gasteiger partial charge in [-0.15, -0.1) is 0 Å². The molecule has 0 spiro atoms. The maximum absolute atomic E-state index is 9.30. The molecule has 0 aliphatic heterocycles. The zero-order valence-corrected chi connectivity index (χ0v) is 21.6. The summed E-state index contributed by atoms with van der Waals surface area (Å²) in [6, 6.07) is 6.95. The van der Waals surface area contributed by atoms with Crippen molar-refractivity contribution in [3.63, 3.8) is 0 Å². The minimum absolute atomic E-state index is 0.267. The van der Waals surface area contributed by atoms with Crippen LogP contribution >= 0.6 is 12.2 Å². The number of rotatable bonds is 21. The van der Waals surface area contributed by atoms with Gasteiger partial charge in [-0.2, -0.15) is 0 Å². The molecule has 0 saturated heterocycles. The van der Waals surface area contributed by atoms with E-state index in [0.717, 1.165) is 18.7 Å². The molecule has 0 aromatic heterocycles. The Morgan fingerprint density at radius 3 is 1.41 bits per heavy atom. The largest absolute Gasteiger partial charge is 0.508 e. The molecule has 0 heterocycles. The number of thiocarbonyl (C=S) groups is 1. The number of phenols is 1. The van der Waals surface area contributed by atoms with Crippen LogP contribution in [0.5, 0.6) is 5.75 Å². The molecule has 1 rings (SSSR count). The zero-order chi connectivity index (χ0) is 23.1. The van der Waals surface area contributed by atoms with E-state index < -0.39 is 0 Å². The first-order chi connectivity index (χ1) is 15.7. The van der Waals surface area contributed by atoms with Crippen molar-refractivity contribution in [1.29, 1.82) is 0 Å². The van der Waals surface area contributed by atoms with Crippen molar-refractivity contribution in [3.05, 3.63) is 24.3 Å². The summed E-state index contributed by atoms with van der Waals surface area (Å²) in [4.78, 5) is 0. The van der Waals surface area contributed by atoms with Gasteiger partial charge in [-0.1, -0.05) is 122 Å². The van der Waals surface area contributed by atoms with Gasteiger partial charge in [0, 0.05) is 12.2 Å². The molecule has 0 aliphatic carbocycles. The number of hydrogen-bond acceptors (Lipinski definition) is 2. The molecule has 1 aromatic carbocycles. The summed E-state index contributed by atoms with van der Waals surface area (Å²) in [5, 5.41) is 16.3. The van der Waals surface area contributed by atoms with Gasteiger partial charge in [-0.25, -0.2) is 0 Å². The fourth-order valence-electron chi connectivity index (χ4n) is 4.13. The lowest BCUT2D eigenvalue weighted by molar-refractivity contribution is 0.475. The summed E-state index contributed by atoms with van der Waals surface area (Å²) >= 11 is 5.31. The minimum atomic E-state index is 0.267. The molecule has 4 heteroatoms. The molecule has 0 amide bonds. The summed E-state index contributed by atoms with van der Waals surface area (Å²) in [5.74, 6) is 0.267. The van der Waals surface area contributed by atoms with Gasteiger partial charge in [0.2, 0.25) is 0 Å². The van der Waals surface area contributed by atoms with Crippen molar-refractivity contribution in [2.75, 3.05) is 11.9 Å². The van der Waals surface area contributed by atoms with Gasteiger partial charge in [0.25, 0.3) is 0 Å². The zero-order valence-electron chi connectivity index (χ0n) is 20.8. The average molecular weight is 463 g/mol. The lowest BCUT2D eigenvalue weighted by atomic mass is 10.0. The highest BCUT2D eigenvalue weighted by Gasteiger charge is 1.98. The molecule has 3 N–H and O–H groups in total. The second kappa shape index (κ2) is 21.6. The highest BCUT2D eigenvalue weighted by Crippen LogP contribution is 2.15. The number of aromatic hydroxyl groups is 1. The number of unbranched alkanes of at least 4 members (excludes halogenated alkanes) is 18. The number of benzene rings is 1. The predicted octanol–water partition coefficient (Wildman–Crippen LogP) is 9.11. The van der Waals surface area contributed by atoms with Crippen molar-refractivity contribution in [1.82, 2.24) is 5.32 Å². The van der Waals surface area contributed by atoms with E-state index in [4.69, 9.17) is 12.2 Å². The Morgan fingerprint density at radius 1 is 0.625 bits per heavy atom. The molecule has 0 bridgehead atoms. The molecule has 0 radical (unpaired) electrons. The van der Waals surface area contributed by atoms with Crippen molar-refractivity contribution in [2.45, 2.75) is 129 Å². The van der Waals surface area contributed by atoms with Crippen molar-refractivity contribution < 1.29 is 5.11 Å². The van der Waals surface area contributed by atoms with Gasteiger partial charge >= 0.3 is 0 Å². The summed E-state index contributed by atoms with van der Waals surface area (Å²) in [5.41, 5.74) is 0.897. The Balaban J connectivity index is 1.74. The second-order valence-corrected chi connectivity index (χ2v) is 9.70. The topological polar surface area (TPSA) is 44.3 Å². The van der Waals surface area contributed by atoms with Crippen LogP contribution in [-0.2, 0) is 0 Å². The molecule has 0 fully saturated rings. The van der Waals surface area contributed by atoms with E-state index in [1.807, 2.05) is 12.1 Å². The normalized spacial score (nSPS) is 10.9. The van der Waals surface area contributed by atoms with Crippen LogP contribution in [0.3, 0.4) is 0 Å². The monoisotopic (exact) mass is 462 g/mol. The Labute approximate surface area is 204 Å². The third-order valence-electron chi connectivity index (χ3n) is 6.19. The third-order valence-corrected chi connectivity index (χ3v) is 6.44. The molecule has 184 valence electrons. The average Bonchev–Trinajstić information content (AvgIpc) is 2.79. The maximum Gasteiger partial charge on any atom is 0.170 e. The minimum Gasteiger partial charge on any atom is -0.508 e. The van der Waals surface area contributed by atoms with E-state index in [1.165, 1.54) is 116 Å². The standard InChI is InChI=1S/C28H50N2OS/c1-2-3-4-5-6-7-8-9-10-11-12-13-14-15-16-17-18-19-20-25-29-28(32)30-26-21-23-27(31)24-22-26/h21-24,31H,2-20,25H2,1H3,(H2,29,30,32). The molecule has 0 saturated carbocycles. The first kappa shape index (κ1) is 28.7. The molecule has 0 unspecified atom stereocenters. The van der Waals surface area contributed by atoms with Crippen LogP contribution in [0.2, 0.25) is 0 Å². The maximum atomic E-state index is 9.30. The van der Waals surface area contributed by atoms with Gasteiger partial charge in [0.05, 0.1) is 0 Å². The highest BCUT2D eigenvalue weighted by molar-refractivity contribution is 7.80. The van der Waals surface area contributed by atoms with Crippen LogP contribution in [0.25, 0.3) is 0 Å². The van der Waals surface area contributed by atoms with Crippen LogP contribution in [0.1, 0.15) is 129 Å². The van der Waals surface area contributed by atoms with E-state index in [1.54, 1.807) is 12.1 Å². The van der Waals surface area contributed by atoms with Crippen LogP contribution in [-0.4, -0.2) is 16.8 Å². The molecular formula is C28H50N2OS. The van der Waals surface area contributed by atoms with Gasteiger partial charge in [0.1, 0.15) is 5.75 Å². The predicted molar refractivity (Wildman–Crippen MR) is 146 cm³/mol. The second-order valence-electron chi connectivity index (χ2n) is 9.29. The van der Waals surface area contributed by atoms with E-state index >= 15 is 0 Å². The van der Waals surface area contributed by atoms with Crippen LogP contribution < -0.4 is 10.6 Å². The van der Waals surface area contributed by atoms with E-state index in [9.17, 15) is 5.11 Å². The van der Waals surface area contributed by atoms with Gasteiger partial charge in [-0.05, 0) is 42.9 Å². The van der Waals surface area contributed by atoms with Gasteiger partial charge < -0.3 is 15.7 Å². The quantitative estimate of drug-likeness (QED) is 0.0968. The number of nitrogens with one attached hydrogen (secondary N) is 2. The molecule has 32 heavy (non-hydrogen) atoms. The summed E-state index contributed by atoms with van der Waals surface area (Å²) in [7, 11) is 0. The Bertz CT molecular complexity index is 547. The summed E-state index contributed by atoms with van der Waals surface area (Å²) < 4.78 is 0. The van der Waals surface area contributed by atoms with E-state index in [0.29, 0.717) is 5.11 Å². The number of hydrogen-bond donors (Lipinski definition) is 3. The fraction of sp³-hybridized carbons (Fsp3) is 0.750. The van der Waals surface area contributed by atoms with Crippen molar-refractivity contribution >= 4 is 23.0 Å². The molecule has 0 atom stereocenters. The molecule has 3 nitrogen and oxygen atoms in total. The number of anilines is 1. The Morgan fingerprint density at radius 2 is 1.00 bits per heavy atom. The van der Waals surface area contributed by atoms with E-state index in [-0.39, 0.29) is 5.75 Å². The van der Waals surface area contributed by atoms with Crippen molar-refractivity contribution in [3.8, 4) is 5.75 Å². The fourth-order valence-corrected chi connectivity index (χ4v) is 4.35. The Hall–Kier alpha value is -1.29. The Kier molecular flexibility index (Phi) is 19.4. The summed E-state index contributed by atoms with van der Waals surface area (Å²) in [6.45, 7) is 3.21. The molecule has 1 aromatic rings. The SMILES string of the molecule is CCCCCCCCCCCCCCCCCCCCCNC(=S)Nc1ccc(O)cc1. The van der Waals surface area contributed by atoms with Gasteiger partial charge in [0.15, 0.2) is 5.11 Å². The first-order valence-electron chi connectivity index (χ1n) is 13.6. The molecular weight excluding hydrogens is 412 g/mol. The van der Waals surface area contributed by atoms with Crippen molar-refractivity contribution in [2.24, 2.45) is 0 Å². The third kappa shape index (κ3) is 18.3. The number of phenolic OH excluding ortho intramolecular Hbond substituents is 1. The van der Waals surface area contributed by atoms with Crippen LogP contribution in [0.15, 0.2) is 24.3 Å². The van der Waals surface area contributed by atoms with Gasteiger partial charge in [-0.3, -0.25) is 0 Å². The highest BCUT2D eigenvalue weighted by atomic mass is 32.1. The molecule has 0 aliphatic rings. The van der Waals surface area contributed by atoms with E-state index in [2.05, 4.69) is 17.6 Å². The summed E-state index contributed by atoms with van der Waals surface area (Å²) in [6.07, 6.45) is 26.7.